The molecule has 0 spiro atoms. The Hall–Kier alpha value is -1.40. The summed E-state index contributed by atoms with van der Waals surface area (Å²) < 4.78 is 11.5. The molecule has 1 aromatic carbocycles. The Morgan fingerprint density at radius 2 is 1.96 bits per heavy atom. The van der Waals surface area contributed by atoms with E-state index in [1.807, 2.05) is 23.9 Å². The first-order chi connectivity index (χ1) is 11.7. The first kappa shape index (κ1) is 18.9. The van der Waals surface area contributed by atoms with Gasteiger partial charge in [0, 0.05) is 31.6 Å². The van der Waals surface area contributed by atoms with E-state index in [0.717, 1.165) is 44.3 Å². The van der Waals surface area contributed by atoms with Gasteiger partial charge in [-0.3, -0.25) is 4.99 Å². The number of aryl methyl sites for hydroxylation is 1. The molecule has 1 aliphatic rings. The van der Waals surface area contributed by atoms with Crippen LogP contribution in [0.3, 0.4) is 0 Å². The van der Waals surface area contributed by atoms with Crippen molar-refractivity contribution in [1.29, 1.82) is 0 Å². The number of guanidine groups is 1. The van der Waals surface area contributed by atoms with Crippen molar-refractivity contribution in [3.63, 3.8) is 0 Å². The number of rotatable bonds is 7. The third kappa shape index (κ3) is 5.91. The number of aliphatic imine (C=N–C) groups is 1. The molecule has 0 bridgehead atoms. The van der Waals surface area contributed by atoms with Crippen molar-refractivity contribution in [2.75, 3.05) is 46.2 Å². The Labute approximate surface area is 149 Å². The van der Waals surface area contributed by atoms with Crippen LogP contribution in [-0.4, -0.2) is 56.9 Å². The van der Waals surface area contributed by atoms with Gasteiger partial charge in [0.05, 0.1) is 6.54 Å². The smallest absolute Gasteiger partial charge is 0.191 e. The molecule has 0 amide bonds. The Morgan fingerprint density at radius 3 is 2.58 bits per heavy atom. The second kappa shape index (κ2) is 9.79. The molecule has 1 saturated heterocycles. The number of nitrogens with one attached hydrogen (secondary N) is 2. The van der Waals surface area contributed by atoms with Gasteiger partial charge in [0.1, 0.15) is 12.4 Å². The molecule has 1 fully saturated rings. The molecule has 0 radical (unpaired) electrons. The SMILES string of the molecule is CN=C(NCCOc1ccc(C)cc1)NCC1(SC)CCOCC1. The van der Waals surface area contributed by atoms with E-state index >= 15 is 0 Å². The highest BCUT2D eigenvalue weighted by molar-refractivity contribution is 8.00. The summed E-state index contributed by atoms with van der Waals surface area (Å²) >= 11 is 1.92. The molecule has 2 rings (SSSR count). The molecule has 6 heteroatoms. The van der Waals surface area contributed by atoms with E-state index in [-0.39, 0.29) is 4.75 Å². The molecule has 0 aliphatic carbocycles. The van der Waals surface area contributed by atoms with Crippen LogP contribution in [0.5, 0.6) is 5.75 Å². The molecule has 0 unspecified atom stereocenters. The van der Waals surface area contributed by atoms with Crippen LogP contribution in [-0.2, 0) is 4.74 Å². The van der Waals surface area contributed by atoms with Crippen molar-refractivity contribution in [3.8, 4) is 5.75 Å². The molecule has 134 valence electrons. The van der Waals surface area contributed by atoms with Gasteiger partial charge in [-0.2, -0.15) is 11.8 Å². The highest BCUT2D eigenvalue weighted by atomic mass is 32.2. The van der Waals surface area contributed by atoms with Gasteiger partial charge in [-0.05, 0) is 38.2 Å². The fourth-order valence-electron chi connectivity index (χ4n) is 2.63. The number of thioether (sulfide) groups is 1. The van der Waals surface area contributed by atoms with Crippen LogP contribution in [0, 0.1) is 6.92 Å². The number of nitrogens with zero attached hydrogens (tertiary/aromatic N) is 1. The van der Waals surface area contributed by atoms with Gasteiger partial charge in [0.2, 0.25) is 0 Å². The van der Waals surface area contributed by atoms with Crippen molar-refractivity contribution in [3.05, 3.63) is 29.8 Å². The maximum absolute atomic E-state index is 5.73. The Kier molecular flexibility index (Phi) is 7.72. The highest BCUT2D eigenvalue weighted by Gasteiger charge is 2.31. The predicted molar refractivity (Wildman–Crippen MR) is 102 cm³/mol. The van der Waals surface area contributed by atoms with Crippen LogP contribution in [0.2, 0.25) is 0 Å². The van der Waals surface area contributed by atoms with Gasteiger partial charge in [-0.1, -0.05) is 17.7 Å². The van der Waals surface area contributed by atoms with Gasteiger partial charge < -0.3 is 20.1 Å². The summed E-state index contributed by atoms with van der Waals surface area (Å²) in [5, 5.41) is 6.75. The minimum atomic E-state index is 0.244. The quantitative estimate of drug-likeness (QED) is 0.449. The summed E-state index contributed by atoms with van der Waals surface area (Å²) in [4.78, 5) is 4.29. The standard InChI is InChI=1S/C18H29N3O2S/c1-15-4-6-16(7-5-15)23-13-10-20-17(19-2)21-14-18(24-3)8-11-22-12-9-18/h4-7H,8-14H2,1-3H3,(H2,19,20,21). The number of hydrogen-bond donors (Lipinski definition) is 2. The third-order valence-corrected chi connectivity index (χ3v) is 5.74. The molecular formula is C18H29N3O2S. The van der Waals surface area contributed by atoms with Gasteiger partial charge in [0.25, 0.3) is 0 Å². The third-order valence-electron chi connectivity index (χ3n) is 4.32. The zero-order valence-corrected chi connectivity index (χ0v) is 15.7. The lowest BCUT2D eigenvalue weighted by atomic mass is 9.99. The summed E-state index contributed by atoms with van der Waals surface area (Å²) in [5.41, 5.74) is 1.24. The molecule has 0 atom stereocenters. The fourth-order valence-corrected chi connectivity index (χ4v) is 3.43. The normalized spacial score (nSPS) is 17.4. The molecule has 0 saturated carbocycles. The van der Waals surface area contributed by atoms with E-state index in [2.05, 4.69) is 40.9 Å². The lowest BCUT2D eigenvalue weighted by molar-refractivity contribution is 0.0783. The van der Waals surface area contributed by atoms with Gasteiger partial charge in [-0.15, -0.1) is 0 Å². The minimum absolute atomic E-state index is 0.244. The first-order valence-electron chi connectivity index (χ1n) is 8.44. The van der Waals surface area contributed by atoms with Crippen molar-refractivity contribution < 1.29 is 9.47 Å². The maximum Gasteiger partial charge on any atom is 0.191 e. The molecule has 0 aromatic heterocycles. The van der Waals surface area contributed by atoms with Crippen LogP contribution in [0.1, 0.15) is 18.4 Å². The lowest BCUT2D eigenvalue weighted by Crippen LogP contribution is -2.48. The number of benzene rings is 1. The highest BCUT2D eigenvalue weighted by Crippen LogP contribution is 2.32. The van der Waals surface area contributed by atoms with Gasteiger partial charge in [0.15, 0.2) is 5.96 Å². The van der Waals surface area contributed by atoms with Gasteiger partial charge in [-0.25, -0.2) is 0 Å². The summed E-state index contributed by atoms with van der Waals surface area (Å²) in [6.07, 6.45) is 4.34. The topological polar surface area (TPSA) is 54.9 Å². The summed E-state index contributed by atoms with van der Waals surface area (Å²) in [5.74, 6) is 1.72. The molecular weight excluding hydrogens is 322 g/mol. The maximum atomic E-state index is 5.73. The molecule has 5 nitrogen and oxygen atoms in total. The Balaban J connectivity index is 1.69. The van der Waals surface area contributed by atoms with Gasteiger partial charge >= 0.3 is 0 Å². The minimum Gasteiger partial charge on any atom is -0.492 e. The van der Waals surface area contributed by atoms with E-state index in [9.17, 15) is 0 Å². The summed E-state index contributed by atoms with van der Waals surface area (Å²) in [7, 11) is 1.80. The van der Waals surface area contributed by atoms with E-state index in [1.54, 1.807) is 7.05 Å². The zero-order chi connectivity index (χ0) is 17.3. The molecule has 1 aromatic rings. The monoisotopic (exact) mass is 351 g/mol. The van der Waals surface area contributed by atoms with Crippen LogP contribution in [0.4, 0.5) is 0 Å². The first-order valence-corrected chi connectivity index (χ1v) is 9.67. The second-order valence-corrected chi connectivity index (χ2v) is 7.29. The molecule has 1 aliphatic heterocycles. The summed E-state index contributed by atoms with van der Waals surface area (Å²) in [6.45, 7) is 5.98. The van der Waals surface area contributed by atoms with Crippen molar-refractivity contribution in [1.82, 2.24) is 10.6 Å². The van der Waals surface area contributed by atoms with Crippen molar-refractivity contribution >= 4 is 17.7 Å². The molecule has 24 heavy (non-hydrogen) atoms. The van der Waals surface area contributed by atoms with Crippen LogP contribution < -0.4 is 15.4 Å². The van der Waals surface area contributed by atoms with E-state index in [1.165, 1.54) is 5.56 Å². The summed E-state index contributed by atoms with van der Waals surface area (Å²) in [6, 6.07) is 8.10. The van der Waals surface area contributed by atoms with E-state index < -0.39 is 0 Å². The largest absolute Gasteiger partial charge is 0.492 e. The lowest BCUT2D eigenvalue weighted by Gasteiger charge is -2.36. The second-order valence-electron chi connectivity index (χ2n) is 6.01. The van der Waals surface area contributed by atoms with Crippen molar-refractivity contribution in [2.24, 2.45) is 4.99 Å². The van der Waals surface area contributed by atoms with E-state index in [0.29, 0.717) is 13.2 Å². The van der Waals surface area contributed by atoms with Crippen LogP contribution >= 0.6 is 11.8 Å². The molecule has 1 heterocycles. The Bertz CT molecular complexity index is 514. The Morgan fingerprint density at radius 1 is 1.25 bits per heavy atom. The predicted octanol–water partition coefficient (Wildman–Crippen LogP) is 2.45. The number of ether oxygens (including phenoxy) is 2. The van der Waals surface area contributed by atoms with Crippen molar-refractivity contribution in [2.45, 2.75) is 24.5 Å². The fraction of sp³-hybridized carbons (Fsp3) is 0.611. The average Bonchev–Trinajstić information content (AvgIpc) is 2.63. The van der Waals surface area contributed by atoms with Crippen LogP contribution in [0.25, 0.3) is 0 Å². The van der Waals surface area contributed by atoms with Crippen LogP contribution in [0.15, 0.2) is 29.3 Å². The van der Waals surface area contributed by atoms with E-state index in [4.69, 9.17) is 9.47 Å². The molecule has 2 N–H and O–H groups in total. The number of hydrogen-bond acceptors (Lipinski definition) is 4. The average molecular weight is 352 g/mol. The zero-order valence-electron chi connectivity index (χ0n) is 14.9.